The number of ether oxygens (including phenoxy) is 2. The Morgan fingerprint density at radius 1 is 1.09 bits per heavy atom. The summed E-state index contributed by atoms with van der Waals surface area (Å²) in [6.07, 6.45) is -2.63. The van der Waals surface area contributed by atoms with E-state index < -0.39 is 46.5 Å². The Balaban J connectivity index is 1.47. The Hall–Kier alpha value is -3.73. The number of amides is 2. The molecule has 4 rings (SSSR count). The summed E-state index contributed by atoms with van der Waals surface area (Å²) in [5.74, 6) is -2.53. The highest BCUT2D eigenvalue weighted by molar-refractivity contribution is 6.01. The van der Waals surface area contributed by atoms with Crippen molar-refractivity contribution in [3.63, 3.8) is 0 Å². The predicted molar refractivity (Wildman–Crippen MR) is 117 cm³/mol. The average Bonchev–Trinajstić information content (AvgIpc) is 2.74. The minimum absolute atomic E-state index is 0.0243. The highest BCUT2D eigenvalue weighted by atomic mass is 19.4. The van der Waals surface area contributed by atoms with E-state index in [4.69, 9.17) is 9.47 Å². The largest absolute Gasteiger partial charge is 0.482 e. The number of carbonyl (C=O) groups is 2. The van der Waals surface area contributed by atoms with Crippen LogP contribution in [0.25, 0.3) is 5.57 Å². The number of hydrogen-bond donors (Lipinski definition) is 2. The van der Waals surface area contributed by atoms with Crippen molar-refractivity contribution in [3.8, 4) is 5.75 Å². The van der Waals surface area contributed by atoms with Crippen molar-refractivity contribution in [2.45, 2.75) is 25.1 Å². The Labute approximate surface area is 196 Å². The Kier molecular flexibility index (Phi) is 6.37. The van der Waals surface area contributed by atoms with Crippen LogP contribution in [0.4, 0.5) is 38.1 Å². The van der Waals surface area contributed by atoms with Gasteiger partial charge in [0.25, 0.3) is 0 Å². The van der Waals surface area contributed by atoms with Crippen LogP contribution in [-0.2, 0) is 15.7 Å². The smallest absolute Gasteiger partial charge is 0.420 e. The minimum Gasteiger partial charge on any atom is -0.482 e. The van der Waals surface area contributed by atoms with Gasteiger partial charge >= 0.3 is 12.2 Å². The molecule has 6 nitrogen and oxygen atoms in total. The maximum atomic E-state index is 14.5. The Morgan fingerprint density at radius 2 is 1.83 bits per heavy atom. The molecule has 2 aliphatic rings. The first kappa shape index (κ1) is 24.4. The van der Waals surface area contributed by atoms with Crippen LogP contribution >= 0.6 is 0 Å². The first-order valence-electron chi connectivity index (χ1n) is 10.4. The summed E-state index contributed by atoms with van der Waals surface area (Å²) in [6, 6.07) is 5.51. The van der Waals surface area contributed by atoms with Gasteiger partial charge in [0, 0.05) is 23.8 Å². The number of ketones is 1. The molecule has 35 heavy (non-hydrogen) atoms. The summed E-state index contributed by atoms with van der Waals surface area (Å²) < 4.78 is 79.7. The molecule has 0 aromatic heterocycles. The number of allylic oxidation sites excluding steroid dienone is 4. The van der Waals surface area contributed by atoms with E-state index in [2.05, 4.69) is 10.6 Å². The molecule has 0 unspecified atom stereocenters. The molecule has 1 aliphatic carbocycles. The van der Waals surface area contributed by atoms with Gasteiger partial charge in [0.05, 0.1) is 24.5 Å². The van der Waals surface area contributed by atoms with Gasteiger partial charge in [-0.05, 0) is 42.8 Å². The fraction of sp³-hybridized carbons (Fsp3) is 0.250. The normalized spacial score (nSPS) is 17.1. The van der Waals surface area contributed by atoms with Crippen LogP contribution in [0.2, 0.25) is 0 Å². The SMILES string of the molecule is CC1(Oc2ccc(NC(=O)Nc3ccc(C4=CCC(=O)C=C4F)cc3F)cc2C(F)(F)F)COC1. The number of rotatable bonds is 5. The molecule has 2 N–H and O–H groups in total. The number of urea groups is 1. The molecule has 2 aromatic carbocycles. The predicted octanol–water partition coefficient (Wildman–Crippen LogP) is 5.87. The molecule has 1 heterocycles. The number of halogens is 5. The summed E-state index contributed by atoms with van der Waals surface area (Å²) >= 11 is 0. The Bertz CT molecular complexity index is 1250. The first-order valence-corrected chi connectivity index (χ1v) is 10.4. The van der Waals surface area contributed by atoms with Crippen molar-refractivity contribution in [2.75, 3.05) is 23.8 Å². The lowest BCUT2D eigenvalue weighted by Gasteiger charge is -2.38. The second kappa shape index (κ2) is 9.14. The zero-order chi connectivity index (χ0) is 25.4. The van der Waals surface area contributed by atoms with Crippen LogP contribution in [0.15, 0.2) is 54.4 Å². The van der Waals surface area contributed by atoms with Crippen molar-refractivity contribution in [3.05, 3.63) is 71.3 Å². The molecule has 1 saturated heterocycles. The van der Waals surface area contributed by atoms with Gasteiger partial charge in [-0.1, -0.05) is 12.1 Å². The van der Waals surface area contributed by atoms with Crippen molar-refractivity contribution in [1.29, 1.82) is 0 Å². The molecular formula is C24H19F5N2O4. The standard InChI is InChI=1S/C24H19F5N2O4/c1-23(11-34-12-23)35-21-7-3-14(9-17(21)24(27,28)29)30-22(33)31-20-6-2-13(8-19(20)26)16-5-4-15(32)10-18(16)25/h2-3,5-10H,4,11-12H2,1H3,(H2,30,31,33). The fourth-order valence-corrected chi connectivity index (χ4v) is 3.53. The molecule has 1 fully saturated rings. The highest BCUT2D eigenvalue weighted by Gasteiger charge is 2.40. The van der Waals surface area contributed by atoms with Crippen LogP contribution in [0.5, 0.6) is 5.75 Å². The molecule has 0 bridgehead atoms. The van der Waals surface area contributed by atoms with Crippen LogP contribution in [-0.4, -0.2) is 30.6 Å². The summed E-state index contributed by atoms with van der Waals surface area (Å²) in [5.41, 5.74) is -2.24. The number of anilines is 2. The topological polar surface area (TPSA) is 76.7 Å². The zero-order valence-corrected chi connectivity index (χ0v) is 18.3. The maximum absolute atomic E-state index is 14.5. The van der Waals surface area contributed by atoms with Gasteiger partial charge in [-0.2, -0.15) is 13.2 Å². The van der Waals surface area contributed by atoms with E-state index in [9.17, 15) is 31.5 Å². The third-order valence-corrected chi connectivity index (χ3v) is 5.29. The van der Waals surface area contributed by atoms with Gasteiger partial charge in [0.2, 0.25) is 0 Å². The molecule has 2 amide bonds. The first-order chi connectivity index (χ1) is 16.4. The van der Waals surface area contributed by atoms with Crippen LogP contribution in [0, 0.1) is 5.82 Å². The minimum atomic E-state index is -4.76. The van der Waals surface area contributed by atoms with Gasteiger partial charge in [-0.25, -0.2) is 13.6 Å². The van der Waals surface area contributed by atoms with Gasteiger partial charge in [-0.3, -0.25) is 4.79 Å². The third-order valence-electron chi connectivity index (χ3n) is 5.29. The van der Waals surface area contributed by atoms with Gasteiger partial charge in [-0.15, -0.1) is 0 Å². The van der Waals surface area contributed by atoms with Crippen LogP contribution in [0.3, 0.4) is 0 Å². The molecule has 0 radical (unpaired) electrons. The molecule has 0 spiro atoms. The Morgan fingerprint density at radius 3 is 2.43 bits per heavy atom. The lowest BCUT2D eigenvalue weighted by atomic mass is 9.97. The maximum Gasteiger partial charge on any atom is 0.420 e. The van der Waals surface area contributed by atoms with Crippen LogP contribution in [0.1, 0.15) is 24.5 Å². The quantitative estimate of drug-likeness (QED) is 0.510. The lowest BCUT2D eigenvalue weighted by Crippen LogP contribution is -2.51. The lowest BCUT2D eigenvalue weighted by molar-refractivity contribution is -0.160. The van der Waals surface area contributed by atoms with E-state index in [0.717, 1.165) is 18.2 Å². The molecule has 0 atom stereocenters. The zero-order valence-electron chi connectivity index (χ0n) is 18.3. The van der Waals surface area contributed by atoms with E-state index in [1.807, 2.05) is 0 Å². The number of alkyl halides is 3. The van der Waals surface area contributed by atoms with Gasteiger partial charge in [0.1, 0.15) is 17.4 Å². The van der Waals surface area contributed by atoms with Crippen molar-refractivity contribution in [2.24, 2.45) is 0 Å². The van der Waals surface area contributed by atoms with E-state index in [1.165, 1.54) is 24.3 Å². The monoisotopic (exact) mass is 494 g/mol. The number of nitrogens with one attached hydrogen (secondary N) is 2. The van der Waals surface area contributed by atoms with Crippen LogP contribution < -0.4 is 15.4 Å². The van der Waals surface area contributed by atoms with E-state index >= 15 is 0 Å². The molecular weight excluding hydrogens is 475 g/mol. The van der Waals surface area contributed by atoms with Crippen molar-refractivity contribution >= 4 is 28.8 Å². The number of carbonyl (C=O) groups excluding carboxylic acids is 2. The van der Waals surface area contributed by atoms with Crippen molar-refractivity contribution in [1.82, 2.24) is 0 Å². The number of hydrogen-bond acceptors (Lipinski definition) is 4. The molecule has 0 saturated carbocycles. The second-order valence-corrected chi connectivity index (χ2v) is 8.31. The average molecular weight is 494 g/mol. The molecule has 2 aromatic rings. The van der Waals surface area contributed by atoms with E-state index in [1.54, 1.807) is 6.92 Å². The summed E-state index contributed by atoms with van der Waals surface area (Å²) in [5, 5.41) is 4.42. The fourth-order valence-electron chi connectivity index (χ4n) is 3.53. The van der Waals surface area contributed by atoms with Gasteiger partial charge < -0.3 is 20.1 Å². The van der Waals surface area contributed by atoms with Crippen molar-refractivity contribution < 1.29 is 41.0 Å². The highest BCUT2D eigenvalue weighted by Crippen LogP contribution is 2.40. The second-order valence-electron chi connectivity index (χ2n) is 8.31. The molecule has 1 aliphatic heterocycles. The third kappa shape index (κ3) is 5.51. The summed E-state index contributed by atoms with van der Waals surface area (Å²) in [6.45, 7) is 1.91. The summed E-state index contributed by atoms with van der Waals surface area (Å²) in [4.78, 5) is 23.6. The summed E-state index contributed by atoms with van der Waals surface area (Å²) in [7, 11) is 0. The van der Waals surface area contributed by atoms with Gasteiger partial charge in [0.15, 0.2) is 11.4 Å². The van der Waals surface area contributed by atoms with E-state index in [0.29, 0.717) is 6.07 Å². The number of benzene rings is 2. The molecule has 184 valence electrons. The molecule has 11 heteroatoms. The van der Waals surface area contributed by atoms with E-state index in [-0.39, 0.29) is 42.1 Å².